The summed E-state index contributed by atoms with van der Waals surface area (Å²) in [5, 5.41) is 3.72. The molecule has 1 aromatic heterocycles. The van der Waals surface area contributed by atoms with Crippen LogP contribution in [-0.2, 0) is 6.42 Å². The van der Waals surface area contributed by atoms with Gasteiger partial charge in [-0.25, -0.2) is 0 Å². The normalized spacial score (nSPS) is 17.7. The summed E-state index contributed by atoms with van der Waals surface area (Å²) in [6, 6.07) is 4.94. The zero-order chi connectivity index (χ0) is 13.3. The fourth-order valence-corrected chi connectivity index (χ4v) is 3.16. The van der Waals surface area contributed by atoms with E-state index in [2.05, 4.69) is 29.4 Å². The molecule has 1 heterocycles. The Balaban J connectivity index is 1.80. The van der Waals surface area contributed by atoms with Crippen molar-refractivity contribution in [2.45, 2.75) is 64.3 Å². The van der Waals surface area contributed by atoms with E-state index in [1.807, 2.05) is 12.4 Å². The number of hydrogen-bond acceptors (Lipinski definition) is 2. The van der Waals surface area contributed by atoms with Gasteiger partial charge in [0.15, 0.2) is 0 Å². The van der Waals surface area contributed by atoms with Crippen molar-refractivity contribution in [2.24, 2.45) is 5.92 Å². The van der Waals surface area contributed by atoms with E-state index in [9.17, 15) is 0 Å². The predicted octanol–water partition coefficient (Wildman–Crippen LogP) is 3.96. The lowest BCUT2D eigenvalue weighted by Gasteiger charge is -2.20. The fraction of sp³-hybridized carbons (Fsp3) is 0.706. The van der Waals surface area contributed by atoms with Gasteiger partial charge in [0.25, 0.3) is 0 Å². The highest BCUT2D eigenvalue weighted by molar-refractivity contribution is 5.11. The summed E-state index contributed by atoms with van der Waals surface area (Å²) in [6.45, 7) is 3.38. The van der Waals surface area contributed by atoms with Crippen LogP contribution in [0.5, 0.6) is 0 Å². The Morgan fingerprint density at radius 1 is 1.26 bits per heavy atom. The van der Waals surface area contributed by atoms with Crippen molar-refractivity contribution >= 4 is 0 Å². The molecule has 1 unspecified atom stereocenters. The van der Waals surface area contributed by atoms with Crippen LogP contribution < -0.4 is 5.32 Å². The van der Waals surface area contributed by atoms with E-state index in [0.29, 0.717) is 6.04 Å². The van der Waals surface area contributed by atoms with Crippen molar-refractivity contribution in [3.63, 3.8) is 0 Å². The van der Waals surface area contributed by atoms with Crippen LogP contribution in [0.15, 0.2) is 24.5 Å². The number of nitrogens with zero attached hydrogens (tertiary/aromatic N) is 1. The molecule has 106 valence electrons. The van der Waals surface area contributed by atoms with E-state index in [1.165, 1.54) is 50.5 Å². The zero-order valence-corrected chi connectivity index (χ0v) is 12.3. The number of nitrogens with one attached hydrogen (secondary N) is 1. The molecule has 2 nitrogen and oxygen atoms in total. The Morgan fingerprint density at radius 2 is 2.00 bits per heavy atom. The molecule has 0 spiro atoms. The van der Waals surface area contributed by atoms with Gasteiger partial charge in [0.1, 0.15) is 0 Å². The third-order valence-corrected chi connectivity index (χ3v) is 4.31. The summed E-state index contributed by atoms with van der Waals surface area (Å²) >= 11 is 0. The highest BCUT2D eigenvalue weighted by atomic mass is 14.9. The number of hydrogen-bond donors (Lipinski definition) is 1. The first-order chi connectivity index (χ1) is 9.38. The van der Waals surface area contributed by atoms with E-state index in [1.54, 1.807) is 0 Å². The topological polar surface area (TPSA) is 24.9 Å². The van der Waals surface area contributed by atoms with Crippen LogP contribution in [0.2, 0.25) is 0 Å². The molecule has 19 heavy (non-hydrogen) atoms. The minimum atomic E-state index is 0.642. The van der Waals surface area contributed by atoms with Crippen LogP contribution in [0, 0.1) is 5.92 Å². The zero-order valence-electron chi connectivity index (χ0n) is 12.3. The van der Waals surface area contributed by atoms with Crippen molar-refractivity contribution in [1.29, 1.82) is 0 Å². The standard InChI is InChI=1S/C17H28N2/c1-2-11-19-17(8-7-15-5-3-4-6-15)14-16-9-12-18-13-10-16/h9-10,12-13,15,17,19H,2-8,11,14H2,1H3. The van der Waals surface area contributed by atoms with Crippen molar-refractivity contribution < 1.29 is 0 Å². The molecule has 2 rings (SSSR count). The van der Waals surface area contributed by atoms with Gasteiger partial charge in [0, 0.05) is 18.4 Å². The van der Waals surface area contributed by atoms with Gasteiger partial charge in [0.05, 0.1) is 0 Å². The highest BCUT2D eigenvalue weighted by Gasteiger charge is 2.17. The van der Waals surface area contributed by atoms with Crippen LogP contribution in [-0.4, -0.2) is 17.6 Å². The van der Waals surface area contributed by atoms with Gasteiger partial charge in [-0.15, -0.1) is 0 Å². The minimum absolute atomic E-state index is 0.642. The highest BCUT2D eigenvalue weighted by Crippen LogP contribution is 2.29. The molecule has 1 fully saturated rings. The molecular formula is C17H28N2. The van der Waals surface area contributed by atoms with Crippen LogP contribution in [0.4, 0.5) is 0 Å². The average Bonchev–Trinajstić information content (AvgIpc) is 2.96. The molecule has 0 amide bonds. The Hall–Kier alpha value is -0.890. The van der Waals surface area contributed by atoms with Crippen LogP contribution in [0.1, 0.15) is 57.4 Å². The first kappa shape index (κ1) is 14.5. The monoisotopic (exact) mass is 260 g/mol. The van der Waals surface area contributed by atoms with Crippen molar-refractivity contribution in [2.75, 3.05) is 6.54 Å². The Kier molecular flexibility index (Phi) is 6.35. The molecule has 0 radical (unpaired) electrons. The molecule has 1 N–H and O–H groups in total. The van der Waals surface area contributed by atoms with Gasteiger partial charge in [-0.3, -0.25) is 4.98 Å². The minimum Gasteiger partial charge on any atom is -0.314 e. The lowest BCUT2D eigenvalue weighted by Crippen LogP contribution is -2.32. The summed E-state index contributed by atoms with van der Waals surface area (Å²) in [5.74, 6) is 1.00. The van der Waals surface area contributed by atoms with Crippen molar-refractivity contribution in [3.05, 3.63) is 30.1 Å². The van der Waals surface area contributed by atoms with E-state index in [-0.39, 0.29) is 0 Å². The van der Waals surface area contributed by atoms with Gasteiger partial charge in [-0.2, -0.15) is 0 Å². The second-order valence-corrected chi connectivity index (χ2v) is 5.94. The third-order valence-electron chi connectivity index (χ3n) is 4.31. The lowest BCUT2D eigenvalue weighted by atomic mass is 9.95. The molecule has 1 saturated carbocycles. The van der Waals surface area contributed by atoms with Crippen molar-refractivity contribution in [3.8, 4) is 0 Å². The quantitative estimate of drug-likeness (QED) is 0.765. The van der Waals surface area contributed by atoms with Gasteiger partial charge < -0.3 is 5.32 Å². The third kappa shape index (κ3) is 5.32. The summed E-state index contributed by atoms with van der Waals surface area (Å²) in [7, 11) is 0. The first-order valence-electron chi connectivity index (χ1n) is 8.00. The number of pyridine rings is 1. The van der Waals surface area contributed by atoms with Crippen molar-refractivity contribution in [1.82, 2.24) is 10.3 Å². The maximum atomic E-state index is 4.10. The average molecular weight is 260 g/mol. The largest absolute Gasteiger partial charge is 0.314 e. The maximum Gasteiger partial charge on any atom is 0.0270 e. The SMILES string of the molecule is CCCNC(CCC1CCCC1)Cc1ccncc1. The summed E-state index contributed by atoms with van der Waals surface area (Å²) < 4.78 is 0. The molecule has 2 heteroatoms. The summed E-state index contributed by atoms with van der Waals surface area (Å²) in [5.41, 5.74) is 1.41. The van der Waals surface area contributed by atoms with E-state index in [4.69, 9.17) is 0 Å². The first-order valence-corrected chi connectivity index (χ1v) is 8.00. The van der Waals surface area contributed by atoms with Gasteiger partial charge in [-0.1, -0.05) is 32.6 Å². The number of aromatic nitrogens is 1. The summed E-state index contributed by atoms with van der Waals surface area (Å²) in [6.07, 6.45) is 14.8. The molecule has 0 saturated heterocycles. The lowest BCUT2D eigenvalue weighted by molar-refractivity contribution is 0.402. The smallest absolute Gasteiger partial charge is 0.0270 e. The fourth-order valence-electron chi connectivity index (χ4n) is 3.16. The summed E-state index contributed by atoms with van der Waals surface area (Å²) in [4.78, 5) is 4.10. The Labute approximate surface area is 118 Å². The van der Waals surface area contributed by atoms with Crippen LogP contribution in [0.25, 0.3) is 0 Å². The Bertz CT molecular complexity index is 330. The molecule has 0 aliphatic heterocycles. The predicted molar refractivity (Wildman–Crippen MR) is 81.2 cm³/mol. The maximum absolute atomic E-state index is 4.10. The van der Waals surface area contributed by atoms with Crippen LogP contribution >= 0.6 is 0 Å². The van der Waals surface area contributed by atoms with Gasteiger partial charge in [-0.05, 0) is 55.8 Å². The Morgan fingerprint density at radius 3 is 2.68 bits per heavy atom. The second kappa shape index (κ2) is 8.31. The van der Waals surface area contributed by atoms with Crippen LogP contribution in [0.3, 0.4) is 0 Å². The van der Waals surface area contributed by atoms with E-state index >= 15 is 0 Å². The molecule has 0 bridgehead atoms. The van der Waals surface area contributed by atoms with E-state index in [0.717, 1.165) is 18.9 Å². The van der Waals surface area contributed by atoms with E-state index < -0.39 is 0 Å². The number of rotatable bonds is 8. The molecule has 1 aliphatic rings. The molecule has 1 atom stereocenters. The molecule has 1 aromatic rings. The van der Waals surface area contributed by atoms with Gasteiger partial charge >= 0.3 is 0 Å². The molecule has 1 aliphatic carbocycles. The second-order valence-electron chi connectivity index (χ2n) is 5.94. The molecule has 0 aromatic carbocycles. The van der Waals surface area contributed by atoms with Gasteiger partial charge in [0.2, 0.25) is 0 Å². The molecular weight excluding hydrogens is 232 g/mol.